The molecule has 0 radical (unpaired) electrons. The molecule has 1 fully saturated rings. The summed E-state index contributed by atoms with van der Waals surface area (Å²) in [6.07, 6.45) is -0.679. The van der Waals surface area contributed by atoms with Crippen molar-refractivity contribution in [1.82, 2.24) is 14.5 Å². The molecule has 1 saturated heterocycles. The van der Waals surface area contributed by atoms with E-state index in [1.165, 1.54) is 6.33 Å². The molecule has 1 unspecified atom stereocenters. The van der Waals surface area contributed by atoms with Crippen LogP contribution >= 0.6 is 12.2 Å². The predicted molar refractivity (Wildman–Crippen MR) is 67.9 cm³/mol. The molecule has 4 atom stereocenters. The van der Waals surface area contributed by atoms with E-state index in [9.17, 15) is 10.2 Å². The van der Waals surface area contributed by atoms with Crippen LogP contribution in [0.5, 0.6) is 0 Å². The Morgan fingerprint density at radius 3 is 2.89 bits per heavy atom. The van der Waals surface area contributed by atoms with E-state index in [4.69, 9.17) is 22.1 Å². The lowest BCUT2D eigenvalue weighted by Crippen LogP contribution is -2.33. The monoisotopic (exact) mass is 283 g/mol. The van der Waals surface area contributed by atoms with Crippen molar-refractivity contribution in [2.24, 2.45) is 0 Å². The number of hydrogen-bond donors (Lipinski definition) is 4. The second kappa shape index (κ2) is 4.66. The summed E-state index contributed by atoms with van der Waals surface area (Å²) in [7, 11) is 0. The quantitative estimate of drug-likeness (QED) is 0.565. The minimum absolute atomic E-state index is 0.356. The fourth-order valence-corrected chi connectivity index (χ4v) is 2.53. The first-order valence-corrected chi connectivity index (χ1v) is 6.21. The van der Waals surface area contributed by atoms with Gasteiger partial charge in [0.05, 0.1) is 18.3 Å². The maximum atomic E-state index is 10.00. The molecule has 19 heavy (non-hydrogen) atoms. The maximum Gasteiger partial charge on any atom is 0.164 e. The van der Waals surface area contributed by atoms with Crippen molar-refractivity contribution in [2.45, 2.75) is 24.5 Å². The van der Waals surface area contributed by atoms with E-state index in [1.807, 2.05) is 0 Å². The van der Waals surface area contributed by atoms with Crippen molar-refractivity contribution in [3.63, 3.8) is 0 Å². The standard InChI is InChI=1S/C11H13N3O4S/c15-3-6-7(16)8(17)11(18-6)14-2-1-5-9(14)12-4-13-10(5)19/h1-2,4,6-8,11,15-17H,3H2,(H,12,13,19)/t6-,7-,8-,11?/m1/s1. The van der Waals surface area contributed by atoms with Crippen molar-refractivity contribution in [1.29, 1.82) is 0 Å². The Balaban J connectivity index is 2.06. The zero-order valence-electron chi connectivity index (χ0n) is 9.80. The van der Waals surface area contributed by atoms with Crippen LogP contribution in [0.2, 0.25) is 0 Å². The molecule has 1 aliphatic rings. The number of H-pyrrole nitrogens is 1. The Morgan fingerprint density at radius 2 is 2.21 bits per heavy atom. The van der Waals surface area contributed by atoms with Gasteiger partial charge in [-0.3, -0.25) is 0 Å². The van der Waals surface area contributed by atoms with Crippen molar-refractivity contribution in [3.05, 3.63) is 23.2 Å². The molecule has 1 aliphatic heterocycles. The van der Waals surface area contributed by atoms with E-state index in [0.29, 0.717) is 10.3 Å². The highest BCUT2D eigenvalue weighted by atomic mass is 32.1. The summed E-state index contributed by atoms with van der Waals surface area (Å²) in [5.41, 5.74) is 0.648. The third kappa shape index (κ3) is 1.88. The number of fused-ring (bicyclic) bond motifs is 1. The molecule has 8 heteroatoms. The number of hydrogen-bond acceptors (Lipinski definition) is 6. The third-order valence-electron chi connectivity index (χ3n) is 3.32. The average Bonchev–Trinajstić information content (AvgIpc) is 2.94. The molecular weight excluding hydrogens is 270 g/mol. The number of rotatable bonds is 2. The second-order valence-electron chi connectivity index (χ2n) is 4.42. The summed E-state index contributed by atoms with van der Waals surface area (Å²) in [6.45, 7) is -0.356. The Labute approximate surface area is 113 Å². The first kappa shape index (κ1) is 12.7. The van der Waals surface area contributed by atoms with Crippen LogP contribution in [-0.4, -0.2) is 54.8 Å². The number of aliphatic hydroxyl groups is 3. The Kier molecular flexibility index (Phi) is 3.11. The molecule has 3 heterocycles. The van der Waals surface area contributed by atoms with Crippen LogP contribution in [0, 0.1) is 4.64 Å². The highest BCUT2D eigenvalue weighted by molar-refractivity contribution is 7.71. The summed E-state index contributed by atoms with van der Waals surface area (Å²) in [5, 5.41) is 29.6. The zero-order valence-corrected chi connectivity index (χ0v) is 10.6. The van der Waals surface area contributed by atoms with Gasteiger partial charge in [0.1, 0.15) is 28.6 Å². The molecular formula is C11H13N3O4S. The number of aliphatic hydroxyl groups excluding tert-OH is 3. The molecule has 0 aromatic carbocycles. The number of aromatic amines is 1. The van der Waals surface area contributed by atoms with Gasteiger partial charge in [-0.2, -0.15) is 0 Å². The molecule has 2 aromatic rings. The second-order valence-corrected chi connectivity index (χ2v) is 4.81. The van der Waals surface area contributed by atoms with Crippen LogP contribution in [0.1, 0.15) is 6.23 Å². The summed E-state index contributed by atoms with van der Waals surface area (Å²) in [5.74, 6) is 0. The molecule has 3 rings (SSSR count). The van der Waals surface area contributed by atoms with Gasteiger partial charge in [0.25, 0.3) is 0 Å². The van der Waals surface area contributed by atoms with Crippen molar-refractivity contribution in [3.8, 4) is 0 Å². The van der Waals surface area contributed by atoms with Crippen LogP contribution in [0.4, 0.5) is 0 Å². The predicted octanol–water partition coefficient (Wildman–Crippen LogP) is -0.295. The van der Waals surface area contributed by atoms with Crippen molar-refractivity contribution < 1.29 is 20.1 Å². The molecule has 0 saturated carbocycles. The minimum Gasteiger partial charge on any atom is -0.394 e. The molecule has 102 valence electrons. The third-order valence-corrected chi connectivity index (χ3v) is 3.65. The molecule has 0 bridgehead atoms. The normalized spacial score (nSPS) is 31.1. The van der Waals surface area contributed by atoms with Gasteiger partial charge >= 0.3 is 0 Å². The highest BCUT2D eigenvalue weighted by Gasteiger charge is 2.43. The van der Waals surface area contributed by atoms with E-state index in [0.717, 1.165) is 5.39 Å². The molecule has 4 N–H and O–H groups in total. The number of aromatic nitrogens is 3. The van der Waals surface area contributed by atoms with Crippen LogP contribution in [0.25, 0.3) is 11.0 Å². The van der Waals surface area contributed by atoms with Crippen LogP contribution < -0.4 is 0 Å². The van der Waals surface area contributed by atoms with E-state index in [2.05, 4.69) is 9.97 Å². The van der Waals surface area contributed by atoms with Gasteiger partial charge in [-0.15, -0.1) is 0 Å². The summed E-state index contributed by atoms with van der Waals surface area (Å²) < 4.78 is 7.55. The van der Waals surface area contributed by atoms with Crippen LogP contribution in [-0.2, 0) is 4.74 Å². The first-order chi connectivity index (χ1) is 9.13. The lowest BCUT2D eigenvalue weighted by atomic mass is 10.1. The van der Waals surface area contributed by atoms with E-state index in [1.54, 1.807) is 16.8 Å². The molecule has 7 nitrogen and oxygen atoms in total. The van der Waals surface area contributed by atoms with E-state index in [-0.39, 0.29) is 6.61 Å². The number of nitrogens with one attached hydrogen (secondary N) is 1. The first-order valence-electron chi connectivity index (χ1n) is 5.80. The van der Waals surface area contributed by atoms with Gasteiger partial charge in [0.15, 0.2) is 6.23 Å². The summed E-state index contributed by atoms with van der Waals surface area (Å²) in [4.78, 5) is 6.90. The summed E-state index contributed by atoms with van der Waals surface area (Å²) in [6, 6.07) is 1.76. The van der Waals surface area contributed by atoms with Crippen LogP contribution in [0.15, 0.2) is 18.6 Å². The van der Waals surface area contributed by atoms with Crippen molar-refractivity contribution in [2.75, 3.05) is 6.61 Å². The van der Waals surface area contributed by atoms with Crippen LogP contribution in [0.3, 0.4) is 0 Å². The van der Waals surface area contributed by atoms with E-state index < -0.39 is 24.5 Å². The lowest BCUT2D eigenvalue weighted by Gasteiger charge is -2.17. The lowest BCUT2D eigenvalue weighted by molar-refractivity contribution is -0.0508. The number of ether oxygens (including phenoxy) is 1. The summed E-state index contributed by atoms with van der Waals surface area (Å²) >= 11 is 5.10. The average molecular weight is 283 g/mol. The van der Waals surface area contributed by atoms with Gasteiger partial charge in [-0.1, -0.05) is 12.2 Å². The Morgan fingerprint density at radius 1 is 1.42 bits per heavy atom. The zero-order chi connectivity index (χ0) is 13.6. The highest BCUT2D eigenvalue weighted by Crippen LogP contribution is 2.31. The van der Waals surface area contributed by atoms with Gasteiger partial charge < -0.3 is 29.6 Å². The molecule has 0 amide bonds. The Hall–Kier alpha value is -1.32. The number of nitrogens with zero attached hydrogens (tertiary/aromatic N) is 2. The smallest absolute Gasteiger partial charge is 0.164 e. The van der Waals surface area contributed by atoms with Gasteiger partial charge in [-0.05, 0) is 6.07 Å². The van der Waals surface area contributed by atoms with E-state index >= 15 is 0 Å². The Bertz CT molecular complexity index is 655. The minimum atomic E-state index is -1.13. The largest absolute Gasteiger partial charge is 0.394 e. The van der Waals surface area contributed by atoms with Gasteiger partial charge in [0, 0.05) is 6.20 Å². The topological polar surface area (TPSA) is 104 Å². The van der Waals surface area contributed by atoms with Crippen molar-refractivity contribution >= 4 is 23.3 Å². The molecule has 0 spiro atoms. The maximum absolute atomic E-state index is 10.00. The molecule has 2 aromatic heterocycles. The molecule has 0 aliphatic carbocycles. The van der Waals surface area contributed by atoms with Gasteiger partial charge in [0.2, 0.25) is 0 Å². The SMILES string of the molecule is OC[C@H]1OC(n2ccc3c(=S)nc[nH]c32)[C@H](O)[C@@H]1O. The fraction of sp³-hybridized carbons (Fsp3) is 0.455. The van der Waals surface area contributed by atoms with Gasteiger partial charge in [-0.25, -0.2) is 4.98 Å². The fourth-order valence-electron chi connectivity index (χ4n) is 2.32.